The maximum Gasteiger partial charge on any atom is 1.00 e. The molecule has 0 aliphatic carbocycles. The molecule has 0 aromatic carbocycles. The van der Waals surface area contributed by atoms with Gasteiger partial charge in [-0.15, -0.1) is 3.89 Å². The normalized spacial score (nSPS) is 12.3. The van der Waals surface area contributed by atoms with E-state index in [0.717, 1.165) is 0 Å². The average Bonchev–Trinajstić information content (AvgIpc) is 1.38. The largest absolute Gasteiger partial charge is 1.00 e. The van der Waals surface area contributed by atoms with Crippen molar-refractivity contribution in [2.75, 3.05) is 0 Å². The van der Waals surface area contributed by atoms with Crippen molar-refractivity contribution in [3.8, 4) is 0 Å². The van der Waals surface area contributed by atoms with Crippen LogP contribution in [0.5, 0.6) is 0 Å². The second-order valence-corrected chi connectivity index (χ2v) is 0.771. The number of hydrogen-bond donors (Lipinski definition) is 0. The van der Waals surface area contributed by atoms with E-state index in [1.54, 1.807) is 0 Å². The minimum absolute atomic E-state index is 0. The second kappa shape index (κ2) is 6.61. The quantitative estimate of drug-likeness (QED) is 0.300. The van der Waals surface area contributed by atoms with Crippen molar-refractivity contribution in [3.05, 3.63) is 0 Å². The van der Waals surface area contributed by atoms with Gasteiger partial charge in [-0.25, -0.2) is 0 Å². The van der Waals surface area contributed by atoms with Crippen LogP contribution in [0.25, 0.3) is 0 Å². The fourth-order valence-electron chi connectivity index (χ4n) is 0. The molecule has 0 spiro atoms. The first-order valence-electron chi connectivity index (χ1n) is 0.642. The minimum atomic E-state index is -3.24. The molecule has 0 heterocycles. The maximum atomic E-state index is 10.3. The molecular weight excluding hydrogens is 141 g/mol. The van der Waals surface area contributed by atoms with E-state index in [2.05, 4.69) is 4.39 Å². The summed E-state index contributed by atoms with van der Waals surface area (Å²) in [4.78, 5) is 0. The molecule has 0 saturated heterocycles. The Morgan fingerprint density at radius 2 is 2.00 bits per heavy atom. The predicted molar refractivity (Wildman–Crippen MR) is 12.6 cm³/mol. The van der Waals surface area contributed by atoms with Crippen molar-refractivity contribution in [3.63, 3.8) is 0 Å². The van der Waals surface area contributed by atoms with Gasteiger partial charge in [0.2, 0.25) is 0 Å². The molecule has 0 aliphatic heterocycles. The van der Waals surface area contributed by atoms with Crippen LogP contribution in [0.4, 0.5) is 8.41 Å². The molecule has 2 nitrogen and oxygen atoms in total. The monoisotopic (exact) mass is 142 g/mol. The van der Waals surface area contributed by atoms with Gasteiger partial charge in [0.25, 0.3) is 0 Å². The fraction of sp³-hybridized carbons (Fsp3) is 0. The molecule has 0 aromatic rings. The summed E-state index contributed by atoms with van der Waals surface area (Å²) in [5, 5.41) is 0. The number of halogens is 2. The standard InChI is InChI=1S/F2O2S.K.H/c1-4-5(2)3;;/q;+1;-1. The molecule has 0 fully saturated rings. The maximum absolute atomic E-state index is 10.3. The molecule has 0 bridgehead atoms. The van der Waals surface area contributed by atoms with Crippen molar-refractivity contribution in [2.24, 2.45) is 0 Å². The van der Waals surface area contributed by atoms with Crippen molar-refractivity contribution >= 4 is 11.5 Å². The zero-order chi connectivity index (χ0) is 4.28. The van der Waals surface area contributed by atoms with E-state index in [0.29, 0.717) is 0 Å². The van der Waals surface area contributed by atoms with Crippen LogP contribution in [0.15, 0.2) is 0 Å². The van der Waals surface area contributed by atoms with Crippen molar-refractivity contribution in [1.82, 2.24) is 0 Å². The second-order valence-electron chi connectivity index (χ2n) is 0.257. The summed E-state index contributed by atoms with van der Waals surface area (Å²) in [6.07, 6.45) is 0. The van der Waals surface area contributed by atoms with E-state index in [1.165, 1.54) is 0 Å². The van der Waals surface area contributed by atoms with Crippen LogP contribution in [0, 0.1) is 0 Å². The minimum Gasteiger partial charge on any atom is -1.00 e. The topological polar surface area (TPSA) is 26.3 Å². The molecular formula is HF2KO2S. The number of rotatable bonds is 1. The van der Waals surface area contributed by atoms with Gasteiger partial charge in [0.15, 0.2) is 0 Å². The predicted octanol–water partition coefficient (Wildman–Crippen LogP) is -2.45. The Bertz CT molecular complexity index is 51.0. The van der Waals surface area contributed by atoms with Gasteiger partial charge in [0.1, 0.15) is 0 Å². The molecule has 34 valence electrons. The third kappa shape index (κ3) is 9.15. The smallest absolute Gasteiger partial charge is 1.00 e. The van der Waals surface area contributed by atoms with Gasteiger partial charge in [0, 0.05) is 0 Å². The first kappa shape index (κ1) is 10.6. The SMILES string of the molecule is O=S(F)OF.[H-].[K+]. The summed E-state index contributed by atoms with van der Waals surface area (Å²) in [5.74, 6) is 0. The van der Waals surface area contributed by atoms with Crippen molar-refractivity contribution in [1.29, 1.82) is 0 Å². The van der Waals surface area contributed by atoms with Crippen LogP contribution >= 0.6 is 0 Å². The fourth-order valence-corrected chi connectivity index (χ4v) is 0. The van der Waals surface area contributed by atoms with Crippen molar-refractivity contribution < 1.29 is 69.8 Å². The summed E-state index contributed by atoms with van der Waals surface area (Å²) >= 11 is -3.24. The molecule has 0 N–H and O–H groups in total. The van der Waals surface area contributed by atoms with Gasteiger partial charge in [-0.2, -0.15) is 4.21 Å². The van der Waals surface area contributed by atoms with Crippen LogP contribution in [-0.4, -0.2) is 4.21 Å². The van der Waals surface area contributed by atoms with E-state index >= 15 is 0 Å². The van der Waals surface area contributed by atoms with E-state index in [9.17, 15) is 8.41 Å². The van der Waals surface area contributed by atoms with E-state index < -0.39 is 11.5 Å². The van der Waals surface area contributed by atoms with Crippen LogP contribution in [-0.2, 0) is 15.9 Å². The van der Waals surface area contributed by atoms with Gasteiger partial charge in [-0.3, -0.25) is 0 Å². The van der Waals surface area contributed by atoms with Crippen LogP contribution in [0.2, 0.25) is 0 Å². The molecule has 0 rings (SSSR count). The molecule has 0 aliphatic rings. The molecule has 0 amide bonds. The van der Waals surface area contributed by atoms with Crippen LogP contribution in [0.3, 0.4) is 0 Å². The third-order valence-corrected chi connectivity index (χ3v) is 0.149. The molecule has 6 heavy (non-hydrogen) atoms. The molecule has 0 aromatic heterocycles. The average molecular weight is 142 g/mol. The summed E-state index contributed by atoms with van der Waals surface area (Å²) in [7, 11) is 0. The summed E-state index contributed by atoms with van der Waals surface area (Å²) < 4.78 is 31.0. The molecule has 1 unspecified atom stereocenters. The zero-order valence-corrected chi connectivity index (χ0v) is 6.92. The first-order chi connectivity index (χ1) is 2.27. The Kier molecular flexibility index (Phi) is 11.6. The van der Waals surface area contributed by atoms with Gasteiger partial charge < -0.3 is 1.43 Å². The Labute approximate surface area is 80.0 Å². The Morgan fingerprint density at radius 3 is 2.00 bits per heavy atom. The van der Waals surface area contributed by atoms with E-state index in [1.807, 2.05) is 0 Å². The van der Waals surface area contributed by atoms with Gasteiger partial charge >= 0.3 is 62.9 Å². The van der Waals surface area contributed by atoms with Crippen LogP contribution in [0.1, 0.15) is 1.43 Å². The van der Waals surface area contributed by atoms with Crippen molar-refractivity contribution in [2.45, 2.75) is 0 Å². The Hall–Kier alpha value is 1.61. The van der Waals surface area contributed by atoms with Gasteiger partial charge in [0.05, 0.1) is 0 Å². The summed E-state index contributed by atoms with van der Waals surface area (Å²) in [6.45, 7) is 0. The summed E-state index contributed by atoms with van der Waals surface area (Å²) in [5.41, 5.74) is 0. The van der Waals surface area contributed by atoms with E-state index in [-0.39, 0.29) is 52.8 Å². The molecule has 1 atom stereocenters. The van der Waals surface area contributed by atoms with E-state index in [4.69, 9.17) is 4.21 Å². The first-order valence-corrected chi connectivity index (χ1v) is 1.62. The molecule has 0 saturated carbocycles. The molecule has 0 radical (unpaired) electrons. The van der Waals surface area contributed by atoms with Crippen LogP contribution < -0.4 is 51.4 Å². The van der Waals surface area contributed by atoms with Gasteiger partial charge in [-0.1, -0.05) is 4.39 Å². The molecule has 6 heteroatoms. The summed E-state index contributed by atoms with van der Waals surface area (Å²) in [6, 6.07) is 0. The zero-order valence-electron chi connectivity index (χ0n) is 3.98. The Morgan fingerprint density at radius 1 is 1.83 bits per heavy atom. The third-order valence-electron chi connectivity index (χ3n) is 0.0495. The van der Waals surface area contributed by atoms with Gasteiger partial charge in [-0.05, 0) is 4.53 Å². The Balaban J connectivity index is -0.0000000800. The number of hydrogen-bond acceptors (Lipinski definition) is 2.